The fraction of sp³-hybridized carbons (Fsp3) is 0.500. The van der Waals surface area contributed by atoms with Crippen molar-refractivity contribution in [2.24, 2.45) is 18.9 Å². The van der Waals surface area contributed by atoms with Gasteiger partial charge in [0.2, 0.25) is 5.78 Å². The molecule has 150 valence electrons. The van der Waals surface area contributed by atoms with Gasteiger partial charge in [-0.1, -0.05) is 27.7 Å². The first kappa shape index (κ1) is 19.9. The van der Waals surface area contributed by atoms with Crippen LogP contribution in [0.1, 0.15) is 44.5 Å². The molecule has 0 saturated heterocycles. The van der Waals surface area contributed by atoms with E-state index in [1.54, 1.807) is 29.8 Å². The molecule has 0 bridgehead atoms. The fourth-order valence-electron chi connectivity index (χ4n) is 3.10. The lowest BCUT2D eigenvalue weighted by Crippen LogP contribution is -2.29. The number of carbonyl (C=O) groups is 1. The van der Waals surface area contributed by atoms with E-state index < -0.39 is 0 Å². The Labute approximate surface area is 162 Å². The van der Waals surface area contributed by atoms with E-state index in [0.717, 1.165) is 6.42 Å². The highest BCUT2D eigenvalue weighted by atomic mass is 16.2. The lowest BCUT2D eigenvalue weighted by molar-refractivity contribution is 0.0949. The molecule has 1 N–H and O–H groups in total. The van der Waals surface area contributed by atoms with Gasteiger partial charge in [0.25, 0.3) is 11.5 Å². The van der Waals surface area contributed by atoms with E-state index in [1.807, 2.05) is 13.8 Å². The van der Waals surface area contributed by atoms with Gasteiger partial charge in [-0.05, 0) is 36.5 Å². The predicted molar refractivity (Wildman–Crippen MR) is 109 cm³/mol. The van der Waals surface area contributed by atoms with Gasteiger partial charge >= 0.3 is 5.69 Å². The number of nitrogens with one attached hydrogen (secondary N) is 1. The number of amides is 1. The quantitative estimate of drug-likeness (QED) is 0.700. The number of nitrogens with zero attached hydrogens (tertiary/aromatic N) is 4. The van der Waals surface area contributed by atoms with Gasteiger partial charge in [0.15, 0.2) is 0 Å². The zero-order chi connectivity index (χ0) is 20.6. The van der Waals surface area contributed by atoms with Gasteiger partial charge in [0, 0.05) is 25.7 Å². The van der Waals surface area contributed by atoms with Crippen molar-refractivity contribution in [3.05, 3.63) is 44.6 Å². The topological polar surface area (TPSA) is 90.4 Å². The van der Waals surface area contributed by atoms with Crippen LogP contribution in [0, 0.1) is 11.8 Å². The van der Waals surface area contributed by atoms with Crippen LogP contribution >= 0.6 is 0 Å². The van der Waals surface area contributed by atoms with Crippen molar-refractivity contribution < 1.29 is 4.79 Å². The number of rotatable bonds is 6. The summed E-state index contributed by atoms with van der Waals surface area (Å²) in [5.74, 6) is 0.797. The fourth-order valence-corrected chi connectivity index (χ4v) is 3.10. The Morgan fingerprint density at radius 3 is 2.50 bits per heavy atom. The molecule has 0 aliphatic carbocycles. The van der Waals surface area contributed by atoms with Crippen LogP contribution in [0.4, 0.5) is 0 Å². The first-order chi connectivity index (χ1) is 13.2. The molecule has 0 spiro atoms. The summed E-state index contributed by atoms with van der Waals surface area (Å²) < 4.78 is 4.17. The molecule has 8 nitrogen and oxygen atoms in total. The van der Waals surface area contributed by atoms with Crippen molar-refractivity contribution in [1.82, 2.24) is 24.1 Å². The lowest BCUT2D eigenvalue weighted by Gasteiger charge is -2.12. The maximum atomic E-state index is 13.1. The summed E-state index contributed by atoms with van der Waals surface area (Å²) in [4.78, 5) is 38.2. The van der Waals surface area contributed by atoms with Gasteiger partial charge in [-0.2, -0.15) is 0 Å². The zero-order valence-corrected chi connectivity index (χ0v) is 17.0. The number of hydrogen-bond donors (Lipinski definition) is 1. The second-order valence-electron chi connectivity index (χ2n) is 8.02. The Bertz CT molecular complexity index is 1150. The van der Waals surface area contributed by atoms with Gasteiger partial charge in [0.05, 0.1) is 10.9 Å². The summed E-state index contributed by atoms with van der Waals surface area (Å²) in [7, 11) is 1.55. The Kier molecular flexibility index (Phi) is 5.40. The largest absolute Gasteiger partial charge is 0.352 e. The van der Waals surface area contributed by atoms with E-state index in [9.17, 15) is 14.4 Å². The number of carbonyl (C=O) groups excluding carboxylic acids is 1. The Hall–Kier alpha value is -2.90. The first-order valence-electron chi connectivity index (χ1n) is 9.61. The van der Waals surface area contributed by atoms with E-state index in [2.05, 4.69) is 24.3 Å². The summed E-state index contributed by atoms with van der Waals surface area (Å²) in [6, 6.07) is 4.83. The van der Waals surface area contributed by atoms with Crippen LogP contribution in [-0.4, -0.2) is 31.2 Å². The summed E-state index contributed by atoms with van der Waals surface area (Å²) in [6.07, 6.45) is 0.793. The molecule has 0 radical (unpaired) electrons. The third kappa shape index (κ3) is 3.58. The minimum atomic E-state index is -0.349. The standard InChI is InChI=1S/C20H27N5O3/c1-12(2)8-9-24-18(27)15-7-6-14(17(26)21-11-13(3)4)10-16(15)25-19(24)22-23(5)20(25)28/h6-7,10,12-13H,8-9,11H2,1-5H3,(H,21,26). The molecule has 0 aliphatic rings. The molecule has 3 rings (SSSR count). The monoisotopic (exact) mass is 385 g/mol. The van der Waals surface area contributed by atoms with Crippen LogP contribution in [-0.2, 0) is 13.6 Å². The molecule has 0 atom stereocenters. The van der Waals surface area contributed by atoms with Gasteiger partial charge in [-0.3, -0.25) is 14.2 Å². The van der Waals surface area contributed by atoms with Crippen molar-refractivity contribution in [3.8, 4) is 0 Å². The highest BCUT2D eigenvalue weighted by molar-refractivity contribution is 5.98. The summed E-state index contributed by atoms with van der Waals surface area (Å²) in [5.41, 5.74) is 0.251. The molecular weight excluding hydrogens is 358 g/mol. The number of benzene rings is 1. The number of aromatic nitrogens is 4. The number of fused-ring (bicyclic) bond motifs is 3. The summed E-state index contributed by atoms with van der Waals surface area (Å²) in [5, 5.41) is 7.52. The zero-order valence-electron chi connectivity index (χ0n) is 17.0. The van der Waals surface area contributed by atoms with Crippen LogP contribution in [0.25, 0.3) is 16.7 Å². The van der Waals surface area contributed by atoms with Crippen molar-refractivity contribution in [1.29, 1.82) is 0 Å². The predicted octanol–water partition coefficient (Wildman–Crippen LogP) is 1.78. The average Bonchev–Trinajstić information content (AvgIpc) is 2.93. The van der Waals surface area contributed by atoms with Crippen molar-refractivity contribution in [2.75, 3.05) is 6.54 Å². The molecule has 1 amide bonds. The molecule has 28 heavy (non-hydrogen) atoms. The first-order valence-corrected chi connectivity index (χ1v) is 9.61. The van der Waals surface area contributed by atoms with E-state index in [1.165, 1.54) is 9.08 Å². The van der Waals surface area contributed by atoms with Gasteiger partial charge < -0.3 is 5.32 Å². The van der Waals surface area contributed by atoms with Crippen LogP contribution in [0.3, 0.4) is 0 Å². The van der Waals surface area contributed by atoms with Crippen molar-refractivity contribution >= 4 is 22.6 Å². The van der Waals surface area contributed by atoms with Gasteiger partial charge in [-0.25, -0.2) is 13.9 Å². The molecule has 3 aromatic rings. The SMILES string of the molecule is CC(C)CCn1c(=O)c2ccc(C(=O)NCC(C)C)cc2n2c(=O)n(C)nc12. The van der Waals surface area contributed by atoms with Gasteiger partial charge in [-0.15, -0.1) is 5.10 Å². The minimum absolute atomic E-state index is 0.206. The van der Waals surface area contributed by atoms with Crippen LogP contribution < -0.4 is 16.6 Å². The third-order valence-electron chi connectivity index (χ3n) is 4.73. The molecule has 8 heteroatoms. The maximum Gasteiger partial charge on any atom is 0.351 e. The van der Waals surface area contributed by atoms with E-state index in [-0.39, 0.29) is 17.2 Å². The lowest BCUT2D eigenvalue weighted by atomic mass is 10.1. The van der Waals surface area contributed by atoms with Gasteiger partial charge in [0.1, 0.15) is 0 Å². The molecule has 1 aromatic carbocycles. The van der Waals surface area contributed by atoms with Crippen LogP contribution in [0.2, 0.25) is 0 Å². The molecule has 0 unspecified atom stereocenters. The normalized spacial score (nSPS) is 11.8. The van der Waals surface area contributed by atoms with E-state index in [0.29, 0.717) is 47.2 Å². The molecule has 2 heterocycles. The molecule has 0 saturated carbocycles. The van der Waals surface area contributed by atoms with Crippen LogP contribution in [0.5, 0.6) is 0 Å². The highest BCUT2D eigenvalue weighted by Gasteiger charge is 2.18. The molecule has 0 fully saturated rings. The summed E-state index contributed by atoms with van der Waals surface area (Å²) >= 11 is 0. The Morgan fingerprint density at radius 1 is 1.14 bits per heavy atom. The van der Waals surface area contributed by atoms with Crippen LogP contribution in [0.15, 0.2) is 27.8 Å². The molecular formula is C20H27N5O3. The highest BCUT2D eigenvalue weighted by Crippen LogP contribution is 2.15. The number of hydrogen-bond acceptors (Lipinski definition) is 4. The third-order valence-corrected chi connectivity index (χ3v) is 4.73. The smallest absolute Gasteiger partial charge is 0.351 e. The number of aryl methyl sites for hydroxylation is 2. The average molecular weight is 385 g/mol. The molecule has 2 aromatic heterocycles. The van der Waals surface area contributed by atoms with E-state index >= 15 is 0 Å². The summed E-state index contributed by atoms with van der Waals surface area (Å²) in [6.45, 7) is 9.21. The minimum Gasteiger partial charge on any atom is -0.352 e. The Balaban J connectivity index is 2.23. The maximum absolute atomic E-state index is 13.1. The van der Waals surface area contributed by atoms with E-state index in [4.69, 9.17) is 0 Å². The van der Waals surface area contributed by atoms with Crippen molar-refractivity contribution in [3.63, 3.8) is 0 Å². The second kappa shape index (κ2) is 7.61. The Morgan fingerprint density at radius 2 is 1.86 bits per heavy atom. The molecule has 0 aliphatic heterocycles. The van der Waals surface area contributed by atoms with Crippen molar-refractivity contribution in [2.45, 2.75) is 40.7 Å². The second-order valence-corrected chi connectivity index (χ2v) is 8.02.